The molecule has 0 spiro atoms. The van der Waals surface area contributed by atoms with E-state index < -0.39 is 20.5 Å². The summed E-state index contributed by atoms with van der Waals surface area (Å²) in [4.78, 5) is 11.8. The number of benzene rings is 1. The number of hydrogen-bond acceptors (Lipinski definition) is 8. The van der Waals surface area contributed by atoms with Crippen LogP contribution in [0.3, 0.4) is 0 Å². The van der Waals surface area contributed by atoms with Crippen molar-refractivity contribution in [2.24, 2.45) is 0 Å². The molecule has 3 heterocycles. The van der Waals surface area contributed by atoms with Crippen molar-refractivity contribution >= 4 is 53.7 Å². The summed E-state index contributed by atoms with van der Waals surface area (Å²) in [5, 5.41) is 3.17. The van der Waals surface area contributed by atoms with Gasteiger partial charge in [-0.3, -0.25) is 28.6 Å². The van der Waals surface area contributed by atoms with Crippen molar-refractivity contribution in [2.75, 3.05) is 0 Å². The third kappa shape index (κ3) is 6.56. The summed E-state index contributed by atoms with van der Waals surface area (Å²) in [5.74, 6) is 0. The van der Waals surface area contributed by atoms with E-state index in [-0.39, 0.29) is 10.4 Å². The number of thiazole rings is 1. The Kier molecular flexibility index (Phi) is 7.06. The van der Waals surface area contributed by atoms with Gasteiger partial charge in [-0.25, -0.2) is 0 Å². The summed E-state index contributed by atoms with van der Waals surface area (Å²) in [7, 11) is -8.98. The molecule has 28 heavy (non-hydrogen) atoms. The third-order valence-corrected chi connectivity index (χ3v) is 4.44. The van der Waals surface area contributed by atoms with Gasteiger partial charge in [0, 0.05) is 34.7 Å². The van der Waals surface area contributed by atoms with Gasteiger partial charge in [0.05, 0.1) is 16.5 Å². The summed E-state index contributed by atoms with van der Waals surface area (Å²) in [5.41, 5.74) is 2.68. The minimum atomic E-state index is -4.67. The van der Waals surface area contributed by atoms with Crippen LogP contribution in [-0.2, 0) is 20.5 Å². The van der Waals surface area contributed by atoms with Gasteiger partial charge >= 0.3 is 10.4 Å². The maximum Gasteiger partial charge on any atom is 0.394 e. The number of hydrogen-bond donors (Lipinski definition) is 3. The molecule has 0 bridgehead atoms. The summed E-state index contributed by atoms with van der Waals surface area (Å²) in [6, 6.07) is 8.26. The van der Waals surface area contributed by atoms with Crippen LogP contribution < -0.4 is 0 Å². The van der Waals surface area contributed by atoms with Gasteiger partial charge in [0.1, 0.15) is 4.90 Å². The summed E-state index contributed by atoms with van der Waals surface area (Å²) in [6.07, 6.45) is 4.87. The van der Waals surface area contributed by atoms with Crippen LogP contribution in [0.2, 0.25) is 0 Å². The van der Waals surface area contributed by atoms with Crippen LogP contribution in [0.4, 0.5) is 0 Å². The quantitative estimate of drug-likeness (QED) is 0.293. The highest BCUT2D eigenvalue weighted by Gasteiger charge is 2.17. The SMILES string of the molecule is O=S(=O)(O)O.O=S(=O)(O)c1cc2cccnc2c2cccnc12.c1cscn1. The molecule has 0 aliphatic carbocycles. The van der Waals surface area contributed by atoms with Crippen LogP contribution in [0, 0.1) is 0 Å². The van der Waals surface area contributed by atoms with Crippen LogP contribution in [-0.4, -0.2) is 45.4 Å². The van der Waals surface area contributed by atoms with Crippen molar-refractivity contribution in [1.29, 1.82) is 0 Å². The van der Waals surface area contributed by atoms with Gasteiger partial charge < -0.3 is 0 Å². The van der Waals surface area contributed by atoms with E-state index in [1.54, 1.807) is 53.5 Å². The van der Waals surface area contributed by atoms with E-state index in [2.05, 4.69) is 15.0 Å². The van der Waals surface area contributed by atoms with E-state index in [0.717, 1.165) is 0 Å². The van der Waals surface area contributed by atoms with Crippen LogP contribution in [0.5, 0.6) is 0 Å². The molecular formula is C15H13N3O7S3. The summed E-state index contributed by atoms with van der Waals surface area (Å²) >= 11 is 1.60. The Balaban J connectivity index is 0.000000231. The van der Waals surface area contributed by atoms with Crippen LogP contribution >= 0.6 is 11.3 Å². The topological polar surface area (TPSA) is 168 Å². The maximum atomic E-state index is 11.4. The minimum absolute atomic E-state index is 0.196. The van der Waals surface area contributed by atoms with Crippen LogP contribution in [0.15, 0.2) is 64.7 Å². The highest BCUT2D eigenvalue weighted by Crippen LogP contribution is 2.28. The Morgan fingerprint density at radius 2 is 1.46 bits per heavy atom. The van der Waals surface area contributed by atoms with Gasteiger partial charge in [-0.15, -0.1) is 11.3 Å². The van der Waals surface area contributed by atoms with E-state index in [0.29, 0.717) is 16.3 Å². The fraction of sp³-hybridized carbons (Fsp3) is 0. The first-order chi connectivity index (χ1) is 13.1. The van der Waals surface area contributed by atoms with Crippen LogP contribution in [0.25, 0.3) is 21.8 Å². The molecule has 0 unspecified atom stereocenters. The van der Waals surface area contributed by atoms with E-state index in [9.17, 15) is 13.0 Å². The Hall–Kier alpha value is -2.55. The predicted octanol–water partition coefficient (Wildman–Crippen LogP) is 2.52. The van der Waals surface area contributed by atoms with E-state index in [1.807, 2.05) is 5.38 Å². The van der Waals surface area contributed by atoms with Gasteiger partial charge in [0.25, 0.3) is 10.1 Å². The lowest BCUT2D eigenvalue weighted by atomic mass is 10.1. The largest absolute Gasteiger partial charge is 0.394 e. The maximum absolute atomic E-state index is 11.4. The number of fused-ring (bicyclic) bond motifs is 3. The molecule has 3 N–H and O–H groups in total. The fourth-order valence-electron chi connectivity index (χ4n) is 2.13. The highest BCUT2D eigenvalue weighted by atomic mass is 32.3. The minimum Gasteiger partial charge on any atom is -0.282 e. The molecule has 13 heteroatoms. The predicted molar refractivity (Wildman–Crippen MR) is 103 cm³/mol. The van der Waals surface area contributed by atoms with Crippen molar-refractivity contribution < 1.29 is 30.5 Å². The molecule has 1 aromatic carbocycles. The fourth-order valence-corrected chi connectivity index (χ4v) is 3.17. The molecule has 0 atom stereocenters. The average Bonchev–Trinajstić information content (AvgIpc) is 3.19. The van der Waals surface area contributed by atoms with Crippen molar-refractivity contribution in [3.63, 3.8) is 0 Å². The number of rotatable bonds is 1. The molecule has 4 rings (SSSR count). The zero-order valence-corrected chi connectivity index (χ0v) is 16.3. The lowest BCUT2D eigenvalue weighted by Crippen LogP contribution is -2.01. The van der Waals surface area contributed by atoms with Gasteiger partial charge in [-0.2, -0.15) is 16.8 Å². The molecule has 148 valence electrons. The average molecular weight is 443 g/mol. The Labute approximate surface area is 163 Å². The Morgan fingerprint density at radius 1 is 0.857 bits per heavy atom. The van der Waals surface area contributed by atoms with E-state index in [4.69, 9.17) is 17.5 Å². The van der Waals surface area contributed by atoms with Gasteiger partial charge in [-0.1, -0.05) is 6.07 Å². The monoisotopic (exact) mass is 443 g/mol. The molecule has 0 saturated carbocycles. The Bertz CT molecular complexity index is 1250. The van der Waals surface area contributed by atoms with Crippen molar-refractivity contribution in [1.82, 2.24) is 15.0 Å². The molecule has 0 amide bonds. The summed E-state index contributed by atoms with van der Waals surface area (Å²) < 4.78 is 63.6. The van der Waals surface area contributed by atoms with Crippen LogP contribution in [0.1, 0.15) is 0 Å². The first kappa shape index (κ1) is 21.7. The first-order valence-electron chi connectivity index (χ1n) is 7.19. The molecule has 3 aromatic heterocycles. The number of nitrogens with zero attached hydrogens (tertiary/aromatic N) is 3. The smallest absolute Gasteiger partial charge is 0.282 e. The molecule has 0 aliphatic rings. The summed E-state index contributed by atoms with van der Waals surface area (Å²) in [6.45, 7) is 0. The molecule has 0 fully saturated rings. The highest BCUT2D eigenvalue weighted by molar-refractivity contribution is 7.86. The van der Waals surface area contributed by atoms with Gasteiger partial charge in [0.2, 0.25) is 0 Å². The molecule has 0 saturated heterocycles. The number of pyridine rings is 2. The normalized spacial score (nSPS) is 11.2. The third-order valence-electron chi connectivity index (χ3n) is 3.05. The second-order valence-electron chi connectivity index (χ2n) is 4.95. The lowest BCUT2D eigenvalue weighted by molar-refractivity contribution is 0.381. The second-order valence-corrected chi connectivity index (χ2v) is 7.99. The lowest BCUT2D eigenvalue weighted by Gasteiger charge is -2.06. The first-order valence-corrected chi connectivity index (χ1v) is 11.0. The zero-order valence-electron chi connectivity index (χ0n) is 13.8. The standard InChI is InChI=1S/C12H8N2O3S.C3H3NS.H2O4S/c15-18(16,17)10-7-8-3-1-5-13-11(8)9-4-2-6-14-12(9)10;1-2-5-3-4-1;1-5(2,3)4/h1-7H,(H,15,16,17);1-3H;(H2,1,2,3,4). The Morgan fingerprint density at radius 3 is 1.96 bits per heavy atom. The molecule has 0 aliphatic heterocycles. The molecular weight excluding hydrogens is 430 g/mol. The number of aromatic nitrogens is 3. The van der Waals surface area contributed by atoms with Crippen molar-refractivity contribution in [2.45, 2.75) is 4.90 Å². The second kappa shape index (κ2) is 9.09. The van der Waals surface area contributed by atoms with E-state index in [1.165, 1.54) is 12.3 Å². The zero-order chi connectivity index (χ0) is 20.8. The van der Waals surface area contributed by atoms with Gasteiger partial charge in [0.15, 0.2) is 0 Å². The van der Waals surface area contributed by atoms with Crippen molar-refractivity contribution in [3.8, 4) is 0 Å². The molecule has 10 nitrogen and oxygen atoms in total. The van der Waals surface area contributed by atoms with E-state index >= 15 is 0 Å². The molecule has 0 radical (unpaired) electrons. The van der Waals surface area contributed by atoms with Gasteiger partial charge in [-0.05, 0) is 24.3 Å². The van der Waals surface area contributed by atoms with Crippen molar-refractivity contribution in [3.05, 3.63) is 59.8 Å². The molecule has 4 aromatic rings.